The van der Waals surface area contributed by atoms with Crippen molar-refractivity contribution in [2.45, 2.75) is 19.2 Å². The van der Waals surface area contributed by atoms with E-state index < -0.39 is 5.97 Å². The minimum atomic E-state index is -0.462. The van der Waals surface area contributed by atoms with E-state index in [9.17, 15) is 9.18 Å². The van der Waals surface area contributed by atoms with Gasteiger partial charge in [0.05, 0.1) is 17.5 Å². The third-order valence-corrected chi connectivity index (χ3v) is 6.08. The van der Waals surface area contributed by atoms with Crippen LogP contribution in [0.5, 0.6) is 5.75 Å². The van der Waals surface area contributed by atoms with E-state index in [1.54, 1.807) is 48.2 Å². The molecule has 1 N–H and O–H groups in total. The lowest BCUT2D eigenvalue weighted by Crippen LogP contribution is -2.28. The quantitative estimate of drug-likeness (QED) is 0.580. The van der Waals surface area contributed by atoms with E-state index in [4.69, 9.17) is 10.1 Å². The molecule has 4 rings (SSSR count). The van der Waals surface area contributed by atoms with Crippen molar-refractivity contribution >= 4 is 29.3 Å². The number of carbonyl (C=O) groups is 1. The molecule has 5 nitrogen and oxygen atoms in total. The van der Waals surface area contributed by atoms with E-state index in [0.717, 1.165) is 22.5 Å². The maximum atomic E-state index is 13.3. The summed E-state index contributed by atoms with van der Waals surface area (Å²) < 4.78 is 18.7. The van der Waals surface area contributed by atoms with Crippen LogP contribution in [0, 0.1) is 25.1 Å². The Labute approximate surface area is 178 Å². The fraction of sp³-hybridized carbons (Fsp3) is 0.174. The van der Waals surface area contributed by atoms with Crippen molar-refractivity contribution in [2.75, 3.05) is 10.7 Å². The minimum Gasteiger partial charge on any atom is -0.421 e. The largest absolute Gasteiger partial charge is 0.421 e. The van der Waals surface area contributed by atoms with Crippen LogP contribution < -0.4 is 9.64 Å². The highest BCUT2D eigenvalue weighted by molar-refractivity contribution is 8.00. The number of rotatable bonds is 4. The number of benzene rings is 2. The van der Waals surface area contributed by atoms with Crippen molar-refractivity contribution in [3.8, 4) is 5.75 Å². The average molecular weight is 421 g/mol. The molecule has 0 amide bonds. The predicted octanol–water partition coefficient (Wildman–Crippen LogP) is 5.29. The first-order valence-electron chi connectivity index (χ1n) is 9.41. The monoisotopic (exact) mass is 421 g/mol. The highest BCUT2D eigenvalue weighted by Gasteiger charge is 2.32. The lowest BCUT2D eigenvalue weighted by Gasteiger charge is -2.27. The van der Waals surface area contributed by atoms with Gasteiger partial charge in [0.25, 0.3) is 0 Å². The van der Waals surface area contributed by atoms with Crippen molar-refractivity contribution in [1.82, 2.24) is 4.98 Å². The molecule has 1 saturated heterocycles. The molecule has 1 fully saturated rings. The summed E-state index contributed by atoms with van der Waals surface area (Å²) in [7, 11) is 0. The van der Waals surface area contributed by atoms with Crippen molar-refractivity contribution in [1.29, 1.82) is 5.41 Å². The topological polar surface area (TPSA) is 66.3 Å². The molecular weight excluding hydrogens is 401 g/mol. The summed E-state index contributed by atoms with van der Waals surface area (Å²) in [6.45, 7) is 3.76. The molecule has 7 heteroatoms. The molecule has 0 radical (unpaired) electrons. The zero-order chi connectivity index (χ0) is 21.3. The number of anilines is 1. The molecular formula is C23H20FN3O2S. The molecule has 2 heterocycles. The minimum absolute atomic E-state index is 0.117. The predicted molar refractivity (Wildman–Crippen MR) is 117 cm³/mol. The van der Waals surface area contributed by atoms with Crippen LogP contribution in [0.3, 0.4) is 0 Å². The van der Waals surface area contributed by atoms with Crippen LogP contribution in [-0.2, 0) is 0 Å². The molecule has 0 saturated carbocycles. The van der Waals surface area contributed by atoms with Gasteiger partial charge in [-0.1, -0.05) is 12.1 Å². The number of carbonyl (C=O) groups excluding carboxylic acids is 1. The second-order valence-electron chi connectivity index (χ2n) is 7.06. The molecule has 1 aromatic heterocycles. The number of nitrogens with zero attached hydrogens (tertiary/aromatic N) is 2. The number of hydrogen-bond acceptors (Lipinski definition) is 5. The van der Waals surface area contributed by atoms with Gasteiger partial charge in [0.2, 0.25) is 0 Å². The van der Waals surface area contributed by atoms with Crippen molar-refractivity contribution in [3.05, 3.63) is 89.0 Å². The highest BCUT2D eigenvalue weighted by Crippen LogP contribution is 2.43. The van der Waals surface area contributed by atoms with Crippen molar-refractivity contribution in [2.24, 2.45) is 0 Å². The van der Waals surface area contributed by atoms with Crippen molar-refractivity contribution < 1.29 is 13.9 Å². The average Bonchev–Trinajstić information content (AvgIpc) is 3.11. The number of aromatic nitrogens is 1. The maximum absolute atomic E-state index is 13.3. The van der Waals surface area contributed by atoms with Crippen LogP contribution in [-0.4, -0.2) is 22.5 Å². The van der Waals surface area contributed by atoms with Crippen LogP contribution in [0.1, 0.15) is 32.6 Å². The summed E-state index contributed by atoms with van der Waals surface area (Å²) >= 11 is 1.61. The van der Waals surface area contributed by atoms with Gasteiger partial charge in [-0.15, -0.1) is 11.8 Å². The first kappa shape index (κ1) is 20.1. The third-order valence-electron chi connectivity index (χ3n) is 4.85. The summed E-state index contributed by atoms with van der Waals surface area (Å²) in [6.07, 6.45) is 1.52. The Balaban J connectivity index is 1.58. The lowest BCUT2D eigenvalue weighted by atomic mass is 10.1. The summed E-state index contributed by atoms with van der Waals surface area (Å²) in [6, 6.07) is 15.1. The van der Waals surface area contributed by atoms with Gasteiger partial charge in [-0.3, -0.25) is 10.4 Å². The molecule has 30 heavy (non-hydrogen) atoms. The molecule has 0 aliphatic carbocycles. The Bertz CT molecular complexity index is 1100. The Kier molecular flexibility index (Phi) is 5.55. The van der Waals surface area contributed by atoms with Crippen LogP contribution in [0.4, 0.5) is 10.1 Å². The second-order valence-corrected chi connectivity index (χ2v) is 8.13. The standard InChI is InChI=1S/C23H20FN3O2S/c1-14-11-17(23(28)29-19-9-3-15(2)26-12-19)6-10-20(14)27-21(25)13-30-22(27)16-4-7-18(24)8-5-16/h3-12,22,25H,13H2,1-2H3. The van der Waals surface area contributed by atoms with Crippen LogP contribution >= 0.6 is 11.8 Å². The number of thioether (sulfide) groups is 1. The van der Waals surface area contributed by atoms with E-state index in [0.29, 0.717) is 22.9 Å². The Hall–Kier alpha value is -3.19. The van der Waals surface area contributed by atoms with E-state index in [-0.39, 0.29) is 11.2 Å². The number of ether oxygens (including phenoxy) is 1. The Morgan fingerprint density at radius 3 is 2.60 bits per heavy atom. The summed E-state index contributed by atoms with van der Waals surface area (Å²) in [5, 5.41) is 8.28. The fourth-order valence-corrected chi connectivity index (χ4v) is 4.52. The van der Waals surface area contributed by atoms with Gasteiger partial charge in [-0.2, -0.15) is 0 Å². The van der Waals surface area contributed by atoms with E-state index in [1.807, 2.05) is 24.8 Å². The van der Waals surface area contributed by atoms with E-state index in [1.165, 1.54) is 18.3 Å². The summed E-state index contributed by atoms with van der Waals surface area (Å²) in [5.74, 6) is 0.675. The van der Waals surface area contributed by atoms with Crippen molar-refractivity contribution in [3.63, 3.8) is 0 Å². The van der Waals surface area contributed by atoms with Gasteiger partial charge < -0.3 is 9.64 Å². The third kappa shape index (κ3) is 4.07. The molecule has 1 aliphatic heterocycles. The normalized spacial score (nSPS) is 16.0. The van der Waals surface area contributed by atoms with Gasteiger partial charge in [0, 0.05) is 11.4 Å². The maximum Gasteiger partial charge on any atom is 0.343 e. The molecule has 1 aliphatic rings. The van der Waals surface area contributed by atoms with Crippen LogP contribution in [0.15, 0.2) is 60.8 Å². The van der Waals surface area contributed by atoms with E-state index in [2.05, 4.69) is 4.98 Å². The van der Waals surface area contributed by atoms with Gasteiger partial charge in [0.1, 0.15) is 22.8 Å². The zero-order valence-corrected chi connectivity index (χ0v) is 17.4. The molecule has 0 spiro atoms. The number of halogens is 1. The fourth-order valence-electron chi connectivity index (χ4n) is 3.32. The first-order valence-corrected chi connectivity index (χ1v) is 10.5. The SMILES string of the molecule is Cc1ccc(OC(=O)c2ccc(N3C(=N)CSC3c3ccc(F)cc3)c(C)c2)cn1. The van der Waals surface area contributed by atoms with Gasteiger partial charge >= 0.3 is 5.97 Å². The second kappa shape index (κ2) is 8.28. The molecule has 3 aromatic rings. The van der Waals surface area contributed by atoms with Crippen LogP contribution in [0.25, 0.3) is 0 Å². The van der Waals surface area contributed by atoms with Gasteiger partial charge in [-0.05, 0) is 67.4 Å². The first-order chi connectivity index (χ1) is 14.4. The summed E-state index contributed by atoms with van der Waals surface area (Å²) in [4.78, 5) is 18.6. The molecule has 1 atom stereocenters. The Morgan fingerprint density at radius 2 is 1.93 bits per heavy atom. The zero-order valence-electron chi connectivity index (χ0n) is 16.6. The van der Waals surface area contributed by atoms with Gasteiger partial charge in [-0.25, -0.2) is 9.18 Å². The number of esters is 1. The van der Waals surface area contributed by atoms with Crippen LogP contribution in [0.2, 0.25) is 0 Å². The Morgan fingerprint density at radius 1 is 1.17 bits per heavy atom. The number of pyridine rings is 1. The molecule has 1 unspecified atom stereocenters. The molecule has 0 bridgehead atoms. The molecule has 2 aromatic carbocycles. The lowest BCUT2D eigenvalue weighted by molar-refractivity contribution is 0.0734. The number of nitrogens with one attached hydrogen (secondary N) is 1. The number of amidine groups is 1. The number of hydrogen-bond donors (Lipinski definition) is 1. The summed E-state index contributed by atoms with van der Waals surface area (Å²) in [5.41, 5.74) is 3.89. The highest BCUT2D eigenvalue weighted by atomic mass is 32.2. The smallest absolute Gasteiger partial charge is 0.343 e. The van der Waals surface area contributed by atoms with Gasteiger partial charge in [0.15, 0.2) is 0 Å². The number of aryl methyl sites for hydroxylation is 2. The van der Waals surface area contributed by atoms with E-state index >= 15 is 0 Å². The molecule has 152 valence electrons.